The molecule has 0 amide bonds. The highest BCUT2D eigenvalue weighted by atomic mass is 32.2. The number of nitrogens with one attached hydrogen (secondary N) is 1. The molecule has 1 aromatic rings. The Labute approximate surface area is 120 Å². The number of aliphatic imine (C=N–C) groups is 1. The van der Waals surface area contributed by atoms with Crippen LogP contribution in [0.1, 0.15) is 33.6 Å². The smallest absolute Gasteiger partial charge is 0.157 e. The summed E-state index contributed by atoms with van der Waals surface area (Å²) in [5.74, 6) is 0.789. The zero-order chi connectivity index (χ0) is 13.7. The number of amidine groups is 1. The maximum absolute atomic E-state index is 4.65. The van der Waals surface area contributed by atoms with Crippen LogP contribution in [0.3, 0.4) is 0 Å². The standard InChI is InChI=1S/C14H24N4S/c1-4-12(5-2)13-8-16-14(19-13)17-11(3)9-18-7-6-15-10-18/h6-7,10-13H,4-5,8-9H2,1-3H3,(H,16,17). The van der Waals surface area contributed by atoms with Gasteiger partial charge in [0.25, 0.3) is 0 Å². The van der Waals surface area contributed by atoms with E-state index in [-0.39, 0.29) is 0 Å². The van der Waals surface area contributed by atoms with Crippen LogP contribution in [0, 0.1) is 5.92 Å². The molecule has 2 atom stereocenters. The van der Waals surface area contributed by atoms with Gasteiger partial charge in [0.2, 0.25) is 0 Å². The van der Waals surface area contributed by atoms with Gasteiger partial charge in [0.15, 0.2) is 5.17 Å². The molecule has 2 unspecified atom stereocenters. The third-order valence-electron chi connectivity index (χ3n) is 3.67. The van der Waals surface area contributed by atoms with E-state index in [1.54, 1.807) is 0 Å². The largest absolute Gasteiger partial charge is 0.361 e. The number of hydrogen-bond acceptors (Lipinski definition) is 4. The summed E-state index contributed by atoms with van der Waals surface area (Å²) in [7, 11) is 0. The van der Waals surface area contributed by atoms with Crippen LogP contribution >= 0.6 is 11.8 Å². The first-order valence-electron chi connectivity index (χ1n) is 7.16. The summed E-state index contributed by atoms with van der Waals surface area (Å²) in [6.07, 6.45) is 8.17. The van der Waals surface area contributed by atoms with Crippen LogP contribution in [-0.2, 0) is 6.54 Å². The second-order valence-corrected chi connectivity index (χ2v) is 6.41. The van der Waals surface area contributed by atoms with Gasteiger partial charge in [0.05, 0.1) is 12.9 Å². The zero-order valence-electron chi connectivity index (χ0n) is 12.0. The highest BCUT2D eigenvalue weighted by Gasteiger charge is 2.26. The molecular formula is C14H24N4S. The van der Waals surface area contributed by atoms with E-state index in [9.17, 15) is 0 Å². The van der Waals surface area contributed by atoms with Crippen LogP contribution < -0.4 is 5.32 Å². The Hall–Kier alpha value is -0.970. The molecule has 0 bridgehead atoms. The predicted octanol–water partition coefficient (Wildman–Crippen LogP) is 2.77. The molecule has 1 N–H and O–H groups in total. The molecular weight excluding hydrogens is 256 g/mol. The Morgan fingerprint density at radius 3 is 2.89 bits per heavy atom. The normalized spacial score (nSPS) is 20.6. The monoisotopic (exact) mass is 280 g/mol. The van der Waals surface area contributed by atoms with Gasteiger partial charge in [-0.1, -0.05) is 38.5 Å². The number of imidazole rings is 1. The van der Waals surface area contributed by atoms with Crippen molar-refractivity contribution in [2.75, 3.05) is 6.54 Å². The molecule has 0 spiro atoms. The molecule has 1 aromatic heterocycles. The zero-order valence-corrected chi connectivity index (χ0v) is 12.9. The highest BCUT2D eigenvalue weighted by molar-refractivity contribution is 8.14. The maximum atomic E-state index is 4.65. The van der Waals surface area contributed by atoms with E-state index in [0.717, 1.165) is 24.2 Å². The van der Waals surface area contributed by atoms with Crippen LogP contribution in [0.4, 0.5) is 0 Å². The molecule has 0 fully saturated rings. The van der Waals surface area contributed by atoms with Gasteiger partial charge in [-0.15, -0.1) is 0 Å². The van der Waals surface area contributed by atoms with Gasteiger partial charge in [-0.05, 0) is 12.8 Å². The van der Waals surface area contributed by atoms with Gasteiger partial charge < -0.3 is 9.88 Å². The van der Waals surface area contributed by atoms with Crippen molar-refractivity contribution in [1.82, 2.24) is 14.9 Å². The van der Waals surface area contributed by atoms with Gasteiger partial charge in [-0.3, -0.25) is 4.99 Å². The van der Waals surface area contributed by atoms with E-state index < -0.39 is 0 Å². The lowest BCUT2D eigenvalue weighted by atomic mass is 9.99. The number of hydrogen-bond donors (Lipinski definition) is 1. The first-order valence-corrected chi connectivity index (χ1v) is 8.04. The molecule has 0 saturated carbocycles. The molecule has 0 aromatic carbocycles. The molecule has 19 heavy (non-hydrogen) atoms. The first kappa shape index (κ1) is 14.4. The van der Waals surface area contributed by atoms with Crippen LogP contribution in [0.2, 0.25) is 0 Å². The number of thioether (sulfide) groups is 1. The minimum Gasteiger partial charge on any atom is -0.361 e. The van der Waals surface area contributed by atoms with Gasteiger partial charge in [-0.25, -0.2) is 4.98 Å². The fourth-order valence-corrected chi connectivity index (χ4v) is 3.93. The van der Waals surface area contributed by atoms with Crippen LogP contribution in [0.15, 0.2) is 23.7 Å². The number of rotatable bonds is 6. The molecule has 2 heterocycles. The fourth-order valence-electron chi connectivity index (χ4n) is 2.50. The van der Waals surface area contributed by atoms with E-state index in [1.165, 1.54) is 12.8 Å². The Bertz CT molecular complexity index is 398. The lowest BCUT2D eigenvalue weighted by Crippen LogP contribution is -2.33. The number of nitrogens with zero attached hydrogens (tertiary/aromatic N) is 3. The van der Waals surface area contributed by atoms with Crippen molar-refractivity contribution in [1.29, 1.82) is 0 Å². The summed E-state index contributed by atoms with van der Waals surface area (Å²) in [6.45, 7) is 8.64. The van der Waals surface area contributed by atoms with Crippen LogP contribution in [0.25, 0.3) is 0 Å². The van der Waals surface area contributed by atoms with Crippen molar-refractivity contribution in [2.45, 2.75) is 51.4 Å². The summed E-state index contributed by atoms with van der Waals surface area (Å²) < 4.78 is 2.09. The van der Waals surface area contributed by atoms with Gasteiger partial charge in [-0.2, -0.15) is 0 Å². The molecule has 0 aliphatic carbocycles. The topological polar surface area (TPSA) is 42.2 Å². The fraction of sp³-hybridized carbons (Fsp3) is 0.714. The van der Waals surface area contributed by atoms with Crippen molar-refractivity contribution in [2.24, 2.45) is 10.9 Å². The van der Waals surface area contributed by atoms with Gasteiger partial charge in [0.1, 0.15) is 0 Å². The minimum absolute atomic E-state index is 0.376. The molecule has 0 saturated heterocycles. The van der Waals surface area contributed by atoms with Gasteiger partial charge >= 0.3 is 0 Å². The Balaban J connectivity index is 1.78. The molecule has 1 aliphatic heterocycles. The van der Waals surface area contributed by atoms with Crippen molar-refractivity contribution < 1.29 is 0 Å². The van der Waals surface area contributed by atoms with Crippen molar-refractivity contribution >= 4 is 16.9 Å². The van der Waals surface area contributed by atoms with Crippen LogP contribution in [-0.4, -0.2) is 32.6 Å². The van der Waals surface area contributed by atoms with E-state index in [2.05, 4.69) is 40.6 Å². The van der Waals surface area contributed by atoms with E-state index >= 15 is 0 Å². The Kier molecular flexibility index (Phi) is 5.31. The summed E-state index contributed by atoms with van der Waals surface area (Å²) in [6, 6.07) is 0.376. The third-order valence-corrected chi connectivity index (χ3v) is 4.97. The van der Waals surface area contributed by atoms with Crippen molar-refractivity contribution in [3.63, 3.8) is 0 Å². The SMILES string of the molecule is CCC(CC)C1CN=C(NC(C)Cn2ccnc2)S1. The quantitative estimate of drug-likeness (QED) is 0.871. The van der Waals surface area contributed by atoms with Crippen LogP contribution in [0.5, 0.6) is 0 Å². The molecule has 0 radical (unpaired) electrons. The average Bonchev–Trinajstić information content (AvgIpc) is 3.03. The Morgan fingerprint density at radius 2 is 2.26 bits per heavy atom. The summed E-state index contributed by atoms with van der Waals surface area (Å²) in [5, 5.41) is 5.29. The molecule has 5 heteroatoms. The minimum atomic E-state index is 0.376. The highest BCUT2D eigenvalue weighted by Crippen LogP contribution is 2.30. The summed E-state index contributed by atoms with van der Waals surface area (Å²) in [5.41, 5.74) is 0. The lowest BCUT2D eigenvalue weighted by Gasteiger charge is -2.20. The van der Waals surface area contributed by atoms with Crippen molar-refractivity contribution in [3.05, 3.63) is 18.7 Å². The third kappa shape index (κ3) is 4.00. The van der Waals surface area contributed by atoms with E-state index in [1.807, 2.05) is 30.5 Å². The maximum Gasteiger partial charge on any atom is 0.157 e. The average molecular weight is 280 g/mol. The second kappa shape index (κ2) is 6.98. The first-order chi connectivity index (χ1) is 9.22. The summed E-state index contributed by atoms with van der Waals surface area (Å²) >= 11 is 1.92. The van der Waals surface area contributed by atoms with E-state index in [0.29, 0.717) is 11.3 Å². The predicted molar refractivity (Wildman–Crippen MR) is 82.6 cm³/mol. The van der Waals surface area contributed by atoms with Gasteiger partial charge in [0, 0.05) is 30.2 Å². The molecule has 106 valence electrons. The lowest BCUT2D eigenvalue weighted by molar-refractivity contribution is 0.479. The Morgan fingerprint density at radius 1 is 1.47 bits per heavy atom. The number of aromatic nitrogens is 2. The van der Waals surface area contributed by atoms with Crippen molar-refractivity contribution in [3.8, 4) is 0 Å². The summed E-state index contributed by atoms with van der Waals surface area (Å²) in [4.78, 5) is 8.71. The molecule has 4 nitrogen and oxygen atoms in total. The molecule has 1 aliphatic rings. The second-order valence-electron chi connectivity index (χ2n) is 5.18. The van der Waals surface area contributed by atoms with E-state index in [4.69, 9.17) is 0 Å². The molecule has 2 rings (SSSR count).